The molecule has 1 N–H and O–H groups in total. The number of unbranched alkanes of at least 4 members (excludes halogenated alkanes) is 1. The highest BCUT2D eigenvalue weighted by Crippen LogP contribution is 2.39. The van der Waals surface area contributed by atoms with Crippen molar-refractivity contribution in [3.63, 3.8) is 0 Å². The molecule has 17 heavy (non-hydrogen) atoms. The highest BCUT2D eigenvalue weighted by Gasteiger charge is 2.42. The quantitative estimate of drug-likeness (QED) is 0.742. The van der Waals surface area contributed by atoms with Gasteiger partial charge in [-0.1, -0.05) is 6.42 Å². The van der Waals surface area contributed by atoms with Gasteiger partial charge in [-0.3, -0.25) is 4.90 Å². The molecular weight excluding hydrogens is 208 g/mol. The van der Waals surface area contributed by atoms with E-state index in [4.69, 9.17) is 0 Å². The number of hydrogen-bond acceptors (Lipinski definition) is 2. The molecule has 1 aliphatic heterocycles. The van der Waals surface area contributed by atoms with E-state index in [1.54, 1.807) is 0 Å². The van der Waals surface area contributed by atoms with Gasteiger partial charge in [-0.05, 0) is 73.4 Å². The minimum atomic E-state index is 0.309. The number of hydrogen-bond donors (Lipinski definition) is 1. The van der Waals surface area contributed by atoms with E-state index in [2.05, 4.69) is 44.8 Å². The van der Waals surface area contributed by atoms with E-state index in [0.717, 1.165) is 5.92 Å². The van der Waals surface area contributed by atoms with Crippen LogP contribution in [0.1, 0.15) is 60.3 Å². The van der Waals surface area contributed by atoms with Gasteiger partial charge in [0.1, 0.15) is 0 Å². The second-order valence-corrected chi connectivity index (χ2v) is 7.26. The van der Waals surface area contributed by atoms with Crippen LogP contribution in [0, 0.1) is 5.92 Å². The predicted molar refractivity (Wildman–Crippen MR) is 76.4 cm³/mol. The van der Waals surface area contributed by atoms with Crippen molar-refractivity contribution in [3.8, 4) is 0 Å². The Morgan fingerprint density at radius 2 is 1.88 bits per heavy atom. The molecule has 1 atom stereocenters. The zero-order valence-electron chi connectivity index (χ0n) is 12.8. The van der Waals surface area contributed by atoms with Crippen LogP contribution in [0.5, 0.6) is 0 Å². The Balaban J connectivity index is 2.42. The zero-order chi connectivity index (χ0) is 13.1. The molecule has 1 aliphatic rings. The SMILES string of the molecule is CNCCCCC1CN(C(C)(C)C)C(C)(C)C1. The van der Waals surface area contributed by atoms with Crippen LogP contribution < -0.4 is 5.32 Å². The Hall–Kier alpha value is -0.0800. The lowest BCUT2D eigenvalue weighted by molar-refractivity contribution is 0.0670. The molecule has 0 radical (unpaired) electrons. The fourth-order valence-corrected chi connectivity index (χ4v) is 3.50. The summed E-state index contributed by atoms with van der Waals surface area (Å²) in [6.45, 7) is 14.3. The molecule has 1 heterocycles. The Morgan fingerprint density at radius 3 is 2.35 bits per heavy atom. The van der Waals surface area contributed by atoms with Crippen molar-refractivity contribution < 1.29 is 0 Å². The second-order valence-electron chi connectivity index (χ2n) is 7.26. The summed E-state index contributed by atoms with van der Waals surface area (Å²) in [5, 5.41) is 3.23. The Labute approximate surface area is 108 Å². The van der Waals surface area contributed by atoms with Crippen molar-refractivity contribution in [3.05, 3.63) is 0 Å². The average molecular weight is 240 g/mol. The molecule has 1 rings (SSSR count). The molecule has 0 spiro atoms. The third-order valence-electron chi connectivity index (χ3n) is 4.06. The summed E-state index contributed by atoms with van der Waals surface area (Å²) in [6.07, 6.45) is 5.46. The first kappa shape index (κ1) is 15.0. The summed E-state index contributed by atoms with van der Waals surface area (Å²) in [5.41, 5.74) is 0.690. The summed E-state index contributed by atoms with van der Waals surface area (Å²) >= 11 is 0. The lowest BCUT2D eigenvalue weighted by Crippen LogP contribution is -2.50. The number of rotatable bonds is 5. The zero-order valence-corrected chi connectivity index (χ0v) is 12.8. The maximum absolute atomic E-state index is 3.23. The molecule has 2 heteroatoms. The van der Waals surface area contributed by atoms with Gasteiger partial charge in [-0.15, -0.1) is 0 Å². The summed E-state index contributed by atoms with van der Waals surface area (Å²) in [7, 11) is 2.04. The van der Waals surface area contributed by atoms with Gasteiger partial charge in [0.2, 0.25) is 0 Å². The minimum absolute atomic E-state index is 0.309. The molecule has 0 saturated carbocycles. The van der Waals surface area contributed by atoms with E-state index in [9.17, 15) is 0 Å². The topological polar surface area (TPSA) is 15.3 Å². The van der Waals surface area contributed by atoms with E-state index in [-0.39, 0.29) is 0 Å². The first-order chi connectivity index (χ1) is 7.77. The molecule has 0 bridgehead atoms. The fourth-order valence-electron chi connectivity index (χ4n) is 3.50. The molecule has 2 nitrogen and oxygen atoms in total. The molecule has 0 aromatic heterocycles. The maximum atomic E-state index is 3.23. The largest absolute Gasteiger partial charge is 0.320 e. The molecular formula is C15H32N2. The van der Waals surface area contributed by atoms with Gasteiger partial charge >= 0.3 is 0 Å². The molecule has 1 unspecified atom stereocenters. The van der Waals surface area contributed by atoms with Crippen LogP contribution in [0.2, 0.25) is 0 Å². The molecule has 0 aliphatic carbocycles. The summed E-state index contributed by atoms with van der Waals surface area (Å²) < 4.78 is 0. The van der Waals surface area contributed by atoms with Crippen molar-refractivity contribution in [2.24, 2.45) is 5.92 Å². The first-order valence-electron chi connectivity index (χ1n) is 7.20. The van der Waals surface area contributed by atoms with Gasteiger partial charge in [0.25, 0.3) is 0 Å². The van der Waals surface area contributed by atoms with Crippen LogP contribution in [0.3, 0.4) is 0 Å². The van der Waals surface area contributed by atoms with Crippen molar-refractivity contribution >= 4 is 0 Å². The Morgan fingerprint density at radius 1 is 1.24 bits per heavy atom. The Kier molecular flexibility index (Phi) is 5.03. The van der Waals surface area contributed by atoms with Gasteiger partial charge in [0.15, 0.2) is 0 Å². The van der Waals surface area contributed by atoms with Crippen LogP contribution >= 0.6 is 0 Å². The highest BCUT2D eigenvalue weighted by molar-refractivity contribution is 4.98. The highest BCUT2D eigenvalue weighted by atomic mass is 15.3. The number of likely N-dealkylation sites (tertiary alicyclic amines) is 1. The van der Waals surface area contributed by atoms with Crippen LogP contribution in [0.15, 0.2) is 0 Å². The first-order valence-corrected chi connectivity index (χ1v) is 7.20. The van der Waals surface area contributed by atoms with Gasteiger partial charge in [0.05, 0.1) is 0 Å². The second kappa shape index (κ2) is 5.71. The lowest BCUT2D eigenvalue weighted by Gasteiger charge is -2.42. The van der Waals surface area contributed by atoms with Crippen LogP contribution in [-0.2, 0) is 0 Å². The number of nitrogens with zero attached hydrogens (tertiary/aromatic N) is 1. The monoisotopic (exact) mass is 240 g/mol. The van der Waals surface area contributed by atoms with Gasteiger partial charge < -0.3 is 5.32 Å². The maximum Gasteiger partial charge on any atom is 0.0161 e. The molecule has 0 amide bonds. The number of nitrogens with one attached hydrogen (secondary N) is 1. The van der Waals surface area contributed by atoms with Crippen LogP contribution in [-0.4, -0.2) is 36.1 Å². The summed E-state index contributed by atoms with van der Waals surface area (Å²) in [4.78, 5) is 2.70. The van der Waals surface area contributed by atoms with Gasteiger partial charge in [-0.2, -0.15) is 0 Å². The third kappa shape index (κ3) is 4.26. The molecule has 0 aromatic carbocycles. The van der Waals surface area contributed by atoms with Gasteiger partial charge in [-0.25, -0.2) is 0 Å². The van der Waals surface area contributed by atoms with E-state index in [0.29, 0.717) is 11.1 Å². The van der Waals surface area contributed by atoms with Crippen molar-refractivity contribution in [1.82, 2.24) is 10.2 Å². The van der Waals surface area contributed by atoms with E-state index < -0.39 is 0 Å². The normalized spacial score (nSPS) is 25.4. The standard InChI is InChI=1S/C15H32N2/c1-14(2,3)17-12-13(11-15(17,4)5)9-7-8-10-16-6/h13,16H,7-12H2,1-6H3. The lowest BCUT2D eigenvalue weighted by atomic mass is 9.92. The van der Waals surface area contributed by atoms with Crippen molar-refractivity contribution in [2.75, 3.05) is 20.1 Å². The van der Waals surface area contributed by atoms with Crippen molar-refractivity contribution in [2.45, 2.75) is 71.4 Å². The van der Waals surface area contributed by atoms with Crippen molar-refractivity contribution in [1.29, 1.82) is 0 Å². The minimum Gasteiger partial charge on any atom is -0.320 e. The van der Waals surface area contributed by atoms with Gasteiger partial charge in [0, 0.05) is 17.6 Å². The van der Waals surface area contributed by atoms with E-state index in [1.165, 1.54) is 38.8 Å². The van der Waals surface area contributed by atoms with E-state index in [1.807, 2.05) is 7.05 Å². The smallest absolute Gasteiger partial charge is 0.0161 e. The summed E-state index contributed by atoms with van der Waals surface area (Å²) in [5.74, 6) is 0.904. The van der Waals surface area contributed by atoms with Crippen LogP contribution in [0.4, 0.5) is 0 Å². The predicted octanol–water partition coefficient (Wildman–Crippen LogP) is 3.28. The molecule has 1 fully saturated rings. The van der Waals surface area contributed by atoms with Crippen LogP contribution in [0.25, 0.3) is 0 Å². The summed E-state index contributed by atoms with van der Waals surface area (Å²) in [6, 6.07) is 0. The Bertz CT molecular complexity index is 228. The average Bonchev–Trinajstić information content (AvgIpc) is 2.48. The molecule has 1 saturated heterocycles. The third-order valence-corrected chi connectivity index (χ3v) is 4.06. The molecule has 0 aromatic rings. The fraction of sp³-hybridized carbons (Fsp3) is 1.00. The molecule has 102 valence electrons. The van der Waals surface area contributed by atoms with E-state index >= 15 is 0 Å².